The van der Waals surface area contributed by atoms with Crippen LogP contribution in [0, 0.1) is 0 Å². The van der Waals surface area contributed by atoms with E-state index in [2.05, 4.69) is 6.58 Å². The summed E-state index contributed by atoms with van der Waals surface area (Å²) >= 11 is 0. The van der Waals surface area contributed by atoms with Crippen molar-refractivity contribution in [1.82, 2.24) is 0 Å². The molecule has 3 heteroatoms. The first-order valence-electron chi connectivity index (χ1n) is 5.25. The van der Waals surface area contributed by atoms with Crippen molar-refractivity contribution >= 4 is 5.97 Å². The lowest BCUT2D eigenvalue weighted by Gasteiger charge is -2.41. The maximum Gasteiger partial charge on any atom is 0.330 e. The predicted molar refractivity (Wildman–Crippen MR) is 59.8 cm³/mol. The fraction of sp³-hybridized carbons (Fsp3) is 0.308. The quantitative estimate of drug-likeness (QED) is 0.573. The molecule has 16 heavy (non-hydrogen) atoms. The Bertz CT molecular complexity index is 379. The molecule has 0 bridgehead atoms. The van der Waals surface area contributed by atoms with Crippen LogP contribution in [0.15, 0.2) is 43.0 Å². The van der Waals surface area contributed by atoms with Crippen molar-refractivity contribution in [2.75, 3.05) is 13.2 Å². The third-order valence-electron chi connectivity index (χ3n) is 2.80. The van der Waals surface area contributed by atoms with Crippen LogP contribution in [-0.2, 0) is 19.9 Å². The smallest absolute Gasteiger partial charge is 0.330 e. The topological polar surface area (TPSA) is 35.5 Å². The van der Waals surface area contributed by atoms with E-state index in [-0.39, 0.29) is 6.61 Å². The van der Waals surface area contributed by atoms with E-state index in [0.29, 0.717) is 6.61 Å². The van der Waals surface area contributed by atoms with Gasteiger partial charge in [-0.3, -0.25) is 0 Å². The molecule has 1 aromatic rings. The summed E-state index contributed by atoms with van der Waals surface area (Å²) in [6, 6.07) is 9.83. The van der Waals surface area contributed by atoms with Crippen LogP contribution < -0.4 is 0 Å². The fourth-order valence-electron chi connectivity index (χ4n) is 1.76. The Balaban J connectivity index is 2.08. The molecule has 0 saturated carbocycles. The maximum atomic E-state index is 11.0. The zero-order chi connectivity index (χ0) is 11.4. The number of hydrogen-bond donors (Lipinski definition) is 0. The average molecular weight is 218 g/mol. The lowest BCUT2D eigenvalue weighted by molar-refractivity contribution is -0.191. The Morgan fingerprint density at radius 2 is 2.19 bits per heavy atom. The molecular weight excluding hydrogens is 204 g/mol. The molecule has 1 atom stereocenters. The van der Waals surface area contributed by atoms with Crippen molar-refractivity contribution in [2.24, 2.45) is 0 Å². The van der Waals surface area contributed by atoms with Gasteiger partial charge in [-0.25, -0.2) is 4.79 Å². The number of rotatable bonds is 4. The van der Waals surface area contributed by atoms with Gasteiger partial charge in [0.25, 0.3) is 0 Å². The van der Waals surface area contributed by atoms with Crippen molar-refractivity contribution < 1.29 is 14.3 Å². The normalized spacial score (nSPS) is 23.2. The first-order chi connectivity index (χ1) is 7.77. The van der Waals surface area contributed by atoms with Gasteiger partial charge in [0.1, 0.15) is 12.2 Å². The molecule has 0 radical (unpaired) electrons. The van der Waals surface area contributed by atoms with E-state index in [1.807, 2.05) is 30.3 Å². The highest BCUT2D eigenvalue weighted by molar-refractivity contribution is 5.81. The van der Waals surface area contributed by atoms with E-state index in [4.69, 9.17) is 9.47 Å². The minimum atomic E-state index is -0.445. The summed E-state index contributed by atoms with van der Waals surface area (Å²) in [4.78, 5) is 11.0. The molecule has 0 spiro atoms. The van der Waals surface area contributed by atoms with E-state index in [0.717, 1.165) is 18.1 Å². The number of esters is 1. The van der Waals surface area contributed by atoms with Gasteiger partial charge in [-0.2, -0.15) is 0 Å². The minimum Gasteiger partial charge on any atom is -0.459 e. The Kier molecular flexibility index (Phi) is 3.06. The van der Waals surface area contributed by atoms with Crippen LogP contribution in [0.3, 0.4) is 0 Å². The molecule has 1 heterocycles. The Morgan fingerprint density at radius 1 is 1.50 bits per heavy atom. The van der Waals surface area contributed by atoms with Crippen molar-refractivity contribution in [3.05, 3.63) is 48.6 Å². The second-order valence-corrected chi connectivity index (χ2v) is 3.77. The van der Waals surface area contributed by atoms with Crippen LogP contribution >= 0.6 is 0 Å². The van der Waals surface area contributed by atoms with Gasteiger partial charge >= 0.3 is 5.97 Å². The molecule has 1 aliphatic heterocycles. The van der Waals surface area contributed by atoms with Crippen molar-refractivity contribution in [3.8, 4) is 0 Å². The summed E-state index contributed by atoms with van der Waals surface area (Å²) in [7, 11) is 0. The van der Waals surface area contributed by atoms with Crippen molar-refractivity contribution in [1.29, 1.82) is 0 Å². The van der Waals surface area contributed by atoms with Crippen LogP contribution in [0.25, 0.3) is 0 Å². The zero-order valence-electron chi connectivity index (χ0n) is 9.02. The van der Waals surface area contributed by atoms with Crippen molar-refractivity contribution in [3.63, 3.8) is 0 Å². The fourth-order valence-corrected chi connectivity index (χ4v) is 1.76. The Morgan fingerprint density at radius 3 is 2.69 bits per heavy atom. The highest BCUT2D eigenvalue weighted by Crippen LogP contribution is 2.37. The molecule has 1 fully saturated rings. The molecule has 1 aliphatic rings. The molecule has 0 aliphatic carbocycles. The van der Waals surface area contributed by atoms with Gasteiger partial charge in [0.2, 0.25) is 0 Å². The molecule has 0 N–H and O–H groups in total. The third kappa shape index (κ3) is 1.99. The summed E-state index contributed by atoms with van der Waals surface area (Å²) in [6.07, 6.45) is 2.04. The summed E-state index contributed by atoms with van der Waals surface area (Å²) in [5.41, 5.74) is 0.609. The number of hydrogen-bond acceptors (Lipinski definition) is 3. The molecule has 0 amide bonds. The Labute approximate surface area is 94.7 Å². The first kappa shape index (κ1) is 10.9. The van der Waals surface area contributed by atoms with Gasteiger partial charge in [-0.05, 0) is 5.56 Å². The van der Waals surface area contributed by atoms with Crippen molar-refractivity contribution in [2.45, 2.75) is 12.0 Å². The van der Waals surface area contributed by atoms with E-state index in [1.165, 1.54) is 0 Å². The zero-order valence-corrected chi connectivity index (χ0v) is 9.02. The second kappa shape index (κ2) is 4.49. The third-order valence-corrected chi connectivity index (χ3v) is 2.80. The van der Waals surface area contributed by atoms with Gasteiger partial charge in [-0.1, -0.05) is 36.9 Å². The summed E-state index contributed by atoms with van der Waals surface area (Å²) in [6.45, 7) is 4.32. The standard InChI is InChI=1S/C13H14O3/c1-2-12(14)15-10-13(8-9-16-13)11-6-4-3-5-7-11/h2-7H,1,8-10H2. The van der Waals surface area contributed by atoms with Gasteiger partial charge in [-0.15, -0.1) is 0 Å². The van der Waals surface area contributed by atoms with Gasteiger partial charge in [0.05, 0.1) is 6.61 Å². The van der Waals surface area contributed by atoms with Crippen LogP contribution in [0.2, 0.25) is 0 Å². The molecule has 1 unspecified atom stereocenters. The highest BCUT2D eigenvalue weighted by Gasteiger charge is 2.41. The lowest BCUT2D eigenvalue weighted by atomic mass is 9.87. The van der Waals surface area contributed by atoms with Gasteiger partial charge in [0, 0.05) is 12.5 Å². The number of ether oxygens (including phenoxy) is 2. The van der Waals surface area contributed by atoms with Gasteiger partial charge < -0.3 is 9.47 Å². The maximum absolute atomic E-state index is 11.0. The largest absolute Gasteiger partial charge is 0.459 e. The monoisotopic (exact) mass is 218 g/mol. The Hall–Kier alpha value is -1.61. The molecule has 3 nitrogen and oxygen atoms in total. The second-order valence-electron chi connectivity index (χ2n) is 3.77. The molecule has 2 rings (SSSR count). The van der Waals surface area contributed by atoms with Crippen LogP contribution in [-0.4, -0.2) is 19.2 Å². The molecular formula is C13H14O3. The number of benzene rings is 1. The highest BCUT2D eigenvalue weighted by atomic mass is 16.6. The lowest BCUT2D eigenvalue weighted by Crippen LogP contribution is -2.45. The van der Waals surface area contributed by atoms with E-state index in [9.17, 15) is 4.79 Å². The summed E-state index contributed by atoms with van der Waals surface area (Å²) < 4.78 is 10.7. The first-order valence-corrected chi connectivity index (χ1v) is 5.25. The molecule has 1 aromatic carbocycles. The van der Waals surface area contributed by atoms with E-state index >= 15 is 0 Å². The molecule has 84 valence electrons. The molecule has 0 aromatic heterocycles. The summed E-state index contributed by atoms with van der Waals surface area (Å²) in [5.74, 6) is -0.411. The molecule has 1 saturated heterocycles. The summed E-state index contributed by atoms with van der Waals surface area (Å²) in [5, 5.41) is 0. The van der Waals surface area contributed by atoms with E-state index < -0.39 is 11.6 Å². The van der Waals surface area contributed by atoms with Crippen LogP contribution in [0.5, 0.6) is 0 Å². The number of carbonyl (C=O) groups is 1. The minimum absolute atomic E-state index is 0.252. The van der Waals surface area contributed by atoms with E-state index in [1.54, 1.807) is 0 Å². The van der Waals surface area contributed by atoms with Gasteiger partial charge in [0.15, 0.2) is 0 Å². The number of carbonyl (C=O) groups excluding carboxylic acids is 1. The van der Waals surface area contributed by atoms with Crippen LogP contribution in [0.1, 0.15) is 12.0 Å². The van der Waals surface area contributed by atoms with Crippen LogP contribution in [0.4, 0.5) is 0 Å². The predicted octanol–water partition coefficient (Wildman–Crippen LogP) is 2.03. The average Bonchev–Trinajstić information content (AvgIpc) is 2.29. The SMILES string of the molecule is C=CC(=O)OCC1(c2ccccc2)CCO1.